The van der Waals surface area contributed by atoms with Gasteiger partial charge < -0.3 is 16.0 Å². The van der Waals surface area contributed by atoms with Gasteiger partial charge >= 0.3 is 0 Å². The summed E-state index contributed by atoms with van der Waals surface area (Å²) in [6, 6.07) is 6.97. The van der Waals surface area contributed by atoms with Gasteiger partial charge in [0.25, 0.3) is 0 Å². The number of thioether (sulfide) groups is 1. The van der Waals surface area contributed by atoms with Gasteiger partial charge in [-0.1, -0.05) is 0 Å². The van der Waals surface area contributed by atoms with E-state index in [0.29, 0.717) is 6.04 Å². The molecule has 4 heteroatoms. The van der Waals surface area contributed by atoms with Crippen LogP contribution in [0.15, 0.2) is 23.1 Å². The van der Waals surface area contributed by atoms with Crippen LogP contribution in [0.25, 0.3) is 0 Å². The van der Waals surface area contributed by atoms with Crippen molar-refractivity contribution in [2.75, 3.05) is 36.0 Å². The Bertz CT molecular complexity index is 388. The summed E-state index contributed by atoms with van der Waals surface area (Å²) in [5.74, 6) is 1.17. The summed E-state index contributed by atoms with van der Waals surface area (Å²) in [5, 5.41) is 3.44. The zero-order chi connectivity index (χ0) is 11.0. The Morgan fingerprint density at radius 2 is 2.38 bits per heavy atom. The van der Waals surface area contributed by atoms with Gasteiger partial charge in [-0.2, -0.15) is 0 Å². The van der Waals surface area contributed by atoms with Gasteiger partial charge in [-0.3, -0.25) is 0 Å². The molecule has 1 unspecified atom stereocenters. The topological polar surface area (TPSA) is 41.3 Å². The second kappa shape index (κ2) is 4.18. The number of nitrogens with one attached hydrogen (secondary N) is 1. The van der Waals surface area contributed by atoms with Gasteiger partial charge in [0.15, 0.2) is 0 Å². The van der Waals surface area contributed by atoms with Crippen LogP contribution in [0.2, 0.25) is 0 Å². The molecule has 3 nitrogen and oxygen atoms in total. The van der Waals surface area contributed by atoms with Crippen LogP contribution in [0, 0.1) is 0 Å². The first-order valence-corrected chi connectivity index (χ1v) is 6.83. The van der Waals surface area contributed by atoms with Gasteiger partial charge in [0.1, 0.15) is 0 Å². The number of hydrogen-bond acceptors (Lipinski definition) is 4. The van der Waals surface area contributed by atoms with E-state index in [9.17, 15) is 0 Å². The highest BCUT2D eigenvalue weighted by Crippen LogP contribution is 2.37. The summed E-state index contributed by atoms with van der Waals surface area (Å²) in [6.07, 6.45) is 1.26. The maximum absolute atomic E-state index is 5.84. The number of nitrogens with two attached hydrogens (primary N) is 1. The molecule has 2 aliphatic rings. The minimum absolute atomic E-state index is 0.670. The Kier molecular flexibility index (Phi) is 2.69. The van der Waals surface area contributed by atoms with Gasteiger partial charge in [0, 0.05) is 35.5 Å². The Balaban J connectivity index is 1.93. The van der Waals surface area contributed by atoms with Gasteiger partial charge in [-0.25, -0.2) is 0 Å². The van der Waals surface area contributed by atoms with Crippen LogP contribution in [-0.4, -0.2) is 31.4 Å². The minimum atomic E-state index is 0.670. The van der Waals surface area contributed by atoms with E-state index < -0.39 is 0 Å². The molecular formula is C12H17N3S. The summed E-state index contributed by atoms with van der Waals surface area (Å²) in [4.78, 5) is 3.89. The normalized spacial score (nSPS) is 24.5. The van der Waals surface area contributed by atoms with Crippen molar-refractivity contribution in [2.24, 2.45) is 0 Å². The Morgan fingerprint density at radius 3 is 3.19 bits per heavy atom. The van der Waals surface area contributed by atoms with Crippen molar-refractivity contribution >= 4 is 23.1 Å². The number of fused-ring (bicyclic) bond motifs is 1. The average Bonchev–Trinajstić information content (AvgIpc) is 2.81. The molecule has 0 spiro atoms. The lowest BCUT2D eigenvalue weighted by Gasteiger charge is -2.35. The number of nitrogen functional groups attached to an aromatic ring is 1. The minimum Gasteiger partial charge on any atom is -0.399 e. The largest absolute Gasteiger partial charge is 0.399 e. The molecule has 86 valence electrons. The first kappa shape index (κ1) is 10.3. The molecular weight excluding hydrogens is 218 g/mol. The Labute approximate surface area is 100 Å². The number of benzene rings is 1. The molecule has 3 N–H and O–H groups in total. The number of rotatable bonds is 1. The maximum Gasteiger partial charge on any atom is 0.0509 e. The number of anilines is 2. The molecule has 0 aromatic heterocycles. The van der Waals surface area contributed by atoms with Crippen molar-refractivity contribution in [1.82, 2.24) is 5.32 Å². The lowest BCUT2D eigenvalue weighted by atomic mass is 10.1. The van der Waals surface area contributed by atoms with Gasteiger partial charge in [-0.15, -0.1) is 11.8 Å². The Hall–Kier alpha value is -0.870. The molecule has 0 saturated carbocycles. The molecule has 1 saturated heterocycles. The van der Waals surface area contributed by atoms with E-state index in [1.165, 1.54) is 22.8 Å². The SMILES string of the molecule is Nc1ccc2c(c1)SCCN2C1CCNC1. The van der Waals surface area contributed by atoms with Crippen molar-refractivity contribution in [2.45, 2.75) is 17.4 Å². The predicted octanol–water partition coefficient (Wildman–Crippen LogP) is 1.54. The quantitative estimate of drug-likeness (QED) is 0.725. The van der Waals surface area contributed by atoms with Crippen molar-refractivity contribution in [3.05, 3.63) is 18.2 Å². The van der Waals surface area contributed by atoms with E-state index in [4.69, 9.17) is 5.73 Å². The summed E-state index contributed by atoms with van der Waals surface area (Å²) in [6.45, 7) is 3.43. The second-order valence-electron chi connectivity index (χ2n) is 4.42. The molecule has 0 amide bonds. The Morgan fingerprint density at radius 1 is 1.44 bits per heavy atom. The lowest BCUT2D eigenvalue weighted by molar-refractivity contribution is 0.642. The first-order valence-electron chi connectivity index (χ1n) is 5.84. The summed E-state index contributed by atoms with van der Waals surface area (Å²) >= 11 is 1.92. The van der Waals surface area contributed by atoms with Gasteiger partial charge in [0.05, 0.1) is 5.69 Å². The van der Waals surface area contributed by atoms with E-state index in [1.54, 1.807) is 0 Å². The van der Waals surface area contributed by atoms with E-state index >= 15 is 0 Å². The molecule has 1 aromatic rings. The molecule has 2 heterocycles. The third-order valence-corrected chi connectivity index (χ3v) is 4.38. The third kappa shape index (κ3) is 1.76. The first-order chi connectivity index (χ1) is 7.84. The molecule has 0 radical (unpaired) electrons. The molecule has 1 aromatic carbocycles. The smallest absolute Gasteiger partial charge is 0.0509 e. The van der Waals surface area contributed by atoms with E-state index in [-0.39, 0.29) is 0 Å². The fourth-order valence-corrected chi connectivity index (χ4v) is 3.60. The van der Waals surface area contributed by atoms with E-state index in [1.807, 2.05) is 17.8 Å². The molecule has 3 rings (SSSR count). The van der Waals surface area contributed by atoms with E-state index in [0.717, 1.165) is 25.3 Å². The fourth-order valence-electron chi connectivity index (χ4n) is 2.54. The third-order valence-electron chi connectivity index (χ3n) is 3.36. The van der Waals surface area contributed by atoms with Gasteiger partial charge in [-0.05, 0) is 31.2 Å². The van der Waals surface area contributed by atoms with Crippen molar-refractivity contribution in [1.29, 1.82) is 0 Å². The molecule has 0 aliphatic carbocycles. The number of nitrogens with zero attached hydrogens (tertiary/aromatic N) is 1. The fraction of sp³-hybridized carbons (Fsp3) is 0.500. The molecule has 1 atom stereocenters. The zero-order valence-corrected chi connectivity index (χ0v) is 10.1. The molecule has 0 bridgehead atoms. The predicted molar refractivity (Wildman–Crippen MR) is 70.2 cm³/mol. The van der Waals surface area contributed by atoms with Gasteiger partial charge in [0.2, 0.25) is 0 Å². The highest BCUT2D eigenvalue weighted by molar-refractivity contribution is 7.99. The van der Waals surface area contributed by atoms with Crippen LogP contribution in [-0.2, 0) is 0 Å². The van der Waals surface area contributed by atoms with E-state index in [2.05, 4.69) is 22.3 Å². The summed E-state index contributed by atoms with van der Waals surface area (Å²) in [7, 11) is 0. The van der Waals surface area contributed by atoms with Crippen molar-refractivity contribution < 1.29 is 0 Å². The average molecular weight is 235 g/mol. The highest BCUT2D eigenvalue weighted by atomic mass is 32.2. The summed E-state index contributed by atoms with van der Waals surface area (Å²) < 4.78 is 0. The van der Waals surface area contributed by atoms with Crippen LogP contribution in [0.3, 0.4) is 0 Å². The van der Waals surface area contributed by atoms with Crippen LogP contribution in [0.1, 0.15) is 6.42 Å². The standard InChI is InChI=1S/C12H17N3S/c13-9-1-2-11-12(7-9)16-6-5-15(11)10-3-4-14-8-10/h1-2,7,10,14H,3-6,8,13H2. The highest BCUT2D eigenvalue weighted by Gasteiger charge is 2.26. The van der Waals surface area contributed by atoms with Crippen molar-refractivity contribution in [3.63, 3.8) is 0 Å². The number of hydrogen-bond donors (Lipinski definition) is 2. The van der Waals surface area contributed by atoms with Crippen LogP contribution >= 0.6 is 11.8 Å². The zero-order valence-electron chi connectivity index (χ0n) is 9.28. The molecule has 16 heavy (non-hydrogen) atoms. The van der Waals surface area contributed by atoms with Crippen molar-refractivity contribution in [3.8, 4) is 0 Å². The van der Waals surface area contributed by atoms with Crippen LogP contribution in [0.4, 0.5) is 11.4 Å². The van der Waals surface area contributed by atoms with Crippen LogP contribution < -0.4 is 16.0 Å². The molecule has 2 aliphatic heterocycles. The second-order valence-corrected chi connectivity index (χ2v) is 5.55. The lowest BCUT2D eigenvalue weighted by Crippen LogP contribution is -2.40. The van der Waals surface area contributed by atoms with Crippen LogP contribution in [0.5, 0.6) is 0 Å². The maximum atomic E-state index is 5.84. The molecule has 1 fully saturated rings. The monoisotopic (exact) mass is 235 g/mol. The summed E-state index contributed by atoms with van der Waals surface area (Å²) in [5.41, 5.74) is 8.08.